The van der Waals surface area contributed by atoms with Gasteiger partial charge in [0.1, 0.15) is 16.2 Å². The second-order valence-corrected chi connectivity index (χ2v) is 8.99. The zero-order valence-corrected chi connectivity index (χ0v) is 17.2. The van der Waals surface area contributed by atoms with Crippen LogP contribution in [-0.4, -0.2) is 27.5 Å². The average Bonchev–Trinajstić information content (AvgIpc) is 3.49. The van der Waals surface area contributed by atoms with E-state index in [9.17, 15) is 9.59 Å². The molecule has 0 radical (unpaired) electrons. The molecular formula is C20H20N4O2S2. The number of anilines is 2. The second-order valence-electron chi connectivity index (χ2n) is 6.82. The average molecular weight is 413 g/mol. The number of benzene rings is 1. The van der Waals surface area contributed by atoms with Gasteiger partial charge in [-0.3, -0.25) is 9.59 Å². The maximum atomic E-state index is 12.3. The van der Waals surface area contributed by atoms with Crippen molar-refractivity contribution in [3.05, 3.63) is 41.0 Å². The Morgan fingerprint density at radius 1 is 1.11 bits per heavy atom. The smallest absolute Gasteiger partial charge is 0.234 e. The Labute approximate surface area is 171 Å². The largest absolute Gasteiger partial charge is 0.326 e. The molecule has 1 aromatic carbocycles. The number of carbonyl (C=O) groups is 2. The van der Waals surface area contributed by atoms with Crippen molar-refractivity contribution in [2.45, 2.75) is 31.7 Å². The molecule has 0 atom stereocenters. The lowest BCUT2D eigenvalue weighted by Gasteiger charge is -2.08. The van der Waals surface area contributed by atoms with Gasteiger partial charge in [0, 0.05) is 27.6 Å². The molecule has 4 rings (SSSR count). The fraction of sp³-hybridized carbons (Fsp3) is 0.300. The summed E-state index contributed by atoms with van der Waals surface area (Å²) in [6.45, 7) is 4.13. The first-order chi connectivity index (χ1) is 13.5. The molecule has 6 nitrogen and oxygen atoms in total. The fourth-order valence-electron chi connectivity index (χ4n) is 2.82. The van der Waals surface area contributed by atoms with Crippen LogP contribution in [0.25, 0.3) is 10.2 Å². The van der Waals surface area contributed by atoms with Gasteiger partial charge in [-0.15, -0.1) is 11.3 Å². The van der Waals surface area contributed by atoms with Gasteiger partial charge in [-0.05, 0) is 56.5 Å². The van der Waals surface area contributed by atoms with Crippen molar-refractivity contribution in [1.29, 1.82) is 0 Å². The summed E-state index contributed by atoms with van der Waals surface area (Å²) in [4.78, 5) is 35.0. The first kappa shape index (κ1) is 18.9. The maximum absolute atomic E-state index is 12.3. The minimum absolute atomic E-state index is 0.0725. The molecule has 2 amide bonds. The van der Waals surface area contributed by atoms with Gasteiger partial charge in [-0.1, -0.05) is 11.8 Å². The van der Waals surface area contributed by atoms with Gasteiger partial charge in [0.15, 0.2) is 0 Å². The Hall–Kier alpha value is -2.45. The summed E-state index contributed by atoms with van der Waals surface area (Å²) in [6.07, 6.45) is 3.49. The van der Waals surface area contributed by atoms with Crippen LogP contribution in [-0.2, 0) is 9.59 Å². The minimum Gasteiger partial charge on any atom is -0.326 e. The SMILES string of the molecule is Cc1sc2ncnc(SCC(=O)Nc3ccc(NC(=O)C4CC4)cc3)c2c1C. The van der Waals surface area contributed by atoms with Crippen LogP contribution in [0.15, 0.2) is 35.6 Å². The molecule has 0 aliphatic heterocycles. The van der Waals surface area contributed by atoms with Crippen LogP contribution < -0.4 is 10.6 Å². The van der Waals surface area contributed by atoms with Gasteiger partial charge in [0.25, 0.3) is 0 Å². The summed E-state index contributed by atoms with van der Waals surface area (Å²) in [5.41, 5.74) is 2.62. The standard InChI is InChI=1S/C20H20N4O2S2/c1-11-12(2)28-20-17(11)19(21-10-22-20)27-9-16(25)23-14-5-7-15(8-6-14)24-18(26)13-3-4-13/h5-8,10,13H,3-4,9H2,1-2H3,(H,23,25)(H,24,26). The van der Waals surface area contributed by atoms with Crippen molar-refractivity contribution in [1.82, 2.24) is 9.97 Å². The van der Waals surface area contributed by atoms with Crippen molar-refractivity contribution >= 4 is 56.5 Å². The minimum atomic E-state index is -0.101. The predicted octanol–water partition coefficient (Wildman–Crippen LogP) is 4.39. The lowest BCUT2D eigenvalue weighted by molar-refractivity contribution is -0.117. The summed E-state index contributed by atoms with van der Waals surface area (Å²) >= 11 is 3.06. The zero-order valence-electron chi connectivity index (χ0n) is 15.6. The third-order valence-electron chi connectivity index (χ3n) is 4.65. The van der Waals surface area contributed by atoms with Gasteiger partial charge in [-0.2, -0.15) is 0 Å². The number of aryl methyl sites for hydroxylation is 2. The molecule has 8 heteroatoms. The monoisotopic (exact) mass is 412 g/mol. The highest BCUT2D eigenvalue weighted by atomic mass is 32.2. The Balaban J connectivity index is 1.35. The number of nitrogens with zero attached hydrogens (tertiary/aromatic N) is 2. The van der Waals surface area contributed by atoms with Crippen molar-refractivity contribution in [2.75, 3.05) is 16.4 Å². The Morgan fingerprint density at radius 2 is 1.79 bits per heavy atom. The molecule has 2 N–H and O–H groups in total. The van der Waals surface area contributed by atoms with E-state index in [1.165, 1.54) is 22.2 Å². The van der Waals surface area contributed by atoms with Gasteiger partial charge in [0.2, 0.25) is 11.8 Å². The van der Waals surface area contributed by atoms with Gasteiger partial charge < -0.3 is 10.6 Å². The van der Waals surface area contributed by atoms with E-state index in [-0.39, 0.29) is 23.5 Å². The quantitative estimate of drug-likeness (QED) is 0.463. The summed E-state index contributed by atoms with van der Waals surface area (Å²) < 4.78 is 0. The number of hydrogen-bond donors (Lipinski definition) is 2. The number of fused-ring (bicyclic) bond motifs is 1. The first-order valence-electron chi connectivity index (χ1n) is 9.05. The molecule has 1 aliphatic rings. The summed E-state index contributed by atoms with van der Waals surface area (Å²) in [7, 11) is 0. The van der Waals surface area contributed by atoms with Gasteiger partial charge in [0.05, 0.1) is 5.75 Å². The second kappa shape index (κ2) is 7.89. The maximum Gasteiger partial charge on any atom is 0.234 e. The molecule has 1 fully saturated rings. The molecular weight excluding hydrogens is 392 g/mol. The highest BCUT2D eigenvalue weighted by molar-refractivity contribution is 8.00. The van der Waals surface area contributed by atoms with E-state index < -0.39 is 0 Å². The molecule has 3 aromatic rings. The van der Waals surface area contributed by atoms with Crippen molar-refractivity contribution in [3.8, 4) is 0 Å². The molecule has 2 aromatic heterocycles. The highest BCUT2D eigenvalue weighted by Crippen LogP contribution is 2.34. The lowest BCUT2D eigenvalue weighted by atomic mass is 10.2. The van der Waals surface area contributed by atoms with Crippen LogP contribution in [0.3, 0.4) is 0 Å². The van der Waals surface area contributed by atoms with Crippen LogP contribution >= 0.6 is 23.1 Å². The van der Waals surface area contributed by atoms with Crippen molar-refractivity contribution in [2.24, 2.45) is 5.92 Å². The Morgan fingerprint density at radius 3 is 2.46 bits per heavy atom. The topological polar surface area (TPSA) is 84.0 Å². The molecule has 0 bridgehead atoms. The van der Waals surface area contributed by atoms with Crippen LogP contribution in [0.5, 0.6) is 0 Å². The number of thioether (sulfide) groups is 1. The highest BCUT2D eigenvalue weighted by Gasteiger charge is 2.29. The third kappa shape index (κ3) is 4.18. The number of aromatic nitrogens is 2. The number of thiophene rings is 1. The number of amides is 2. The van der Waals surface area contributed by atoms with E-state index in [1.807, 2.05) is 0 Å². The predicted molar refractivity (Wildman–Crippen MR) is 114 cm³/mol. The molecule has 144 valence electrons. The van der Waals surface area contributed by atoms with E-state index in [4.69, 9.17) is 0 Å². The van der Waals surface area contributed by atoms with E-state index in [0.29, 0.717) is 5.69 Å². The number of carbonyl (C=O) groups excluding carboxylic acids is 2. The summed E-state index contributed by atoms with van der Waals surface area (Å²) in [5.74, 6) is 0.403. The van der Waals surface area contributed by atoms with E-state index in [0.717, 1.165) is 33.8 Å². The van der Waals surface area contributed by atoms with Crippen LogP contribution in [0, 0.1) is 19.8 Å². The molecule has 1 saturated carbocycles. The van der Waals surface area contributed by atoms with Crippen LogP contribution in [0.2, 0.25) is 0 Å². The molecule has 2 heterocycles. The van der Waals surface area contributed by atoms with Gasteiger partial charge >= 0.3 is 0 Å². The molecule has 1 aliphatic carbocycles. The van der Waals surface area contributed by atoms with E-state index in [1.54, 1.807) is 41.9 Å². The van der Waals surface area contributed by atoms with E-state index >= 15 is 0 Å². The van der Waals surface area contributed by atoms with Crippen molar-refractivity contribution in [3.63, 3.8) is 0 Å². The molecule has 0 spiro atoms. The fourth-order valence-corrected chi connectivity index (χ4v) is 4.73. The van der Waals surface area contributed by atoms with Crippen LogP contribution in [0.4, 0.5) is 11.4 Å². The molecule has 0 unspecified atom stereocenters. The van der Waals surface area contributed by atoms with Crippen LogP contribution in [0.1, 0.15) is 23.3 Å². The van der Waals surface area contributed by atoms with Gasteiger partial charge in [-0.25, -0.2) is 9.97 Å². The number of hydrogen-bond acceptors (Lipinski definition) is 6. The summed E-state index contributed by atoms with van der Waals surface area (Å²) in [6, 6.07) is 7.18. The van der Waals surface area contributed by atoms with E-state index in [2.05, 4.69) is 34.4 Å². The Bertz CT molecular complexity index is 1040. The zero-order chi connectivity index (χ0) is 19.7. The number of nitrogens with one attached hydrogen (secondary N) is 2. The molecule has 28 heavy (non-hydrogen) atoms. The number of rotatable bonds is 6. The normalized spacial score (nSPS) is 13.5. The summed E-state index contributed by atoms with van der Waals surface area (Å²) in [5, 5.41) is 7.64. The first-order valence-corrected chi connectivity index (χ1v) is 10.9. The Kier molecular flexibility index (Phi) is 5.32. The lowest BCUT2D eigenvalue weighted by Crippen LogP contribution is -2.15. The third-order valence-corrected chi connectivity index (χ3v) is 6.76. The van der Waals surface area contributed by atoms with Crippen molar-refractivity contribution < 1.29 is 9.59 Å². The molecule has 0 saturated heterocycles.